The van der Waals surface area contributed by atoms with E-state index in [1.54, 1.807) is 18.0 Å². The van der Waals surface area contributed by atoms with Crippen LogP contribution in [0.1, 0.15) is 19.2 Å². The minimum Gasteiger partial charge on any atom is -0.335 e. The summed E-state index contributed by atoms with van der Waals surface area (Å²) in [5.74, 6) is 4.51. The highest BCUT2D eigenvalue weighted by Crippen LogP contribution is 2.25. The van der Waals surface area contributed by atoms with Crippen molar-refractivity contribution in [2.45, 2.75) is 31.6 Å². The van der Waals surface area contributed by atoms with Gasteiger partial charge in [-0.25, -0.2) is 4.98 Å². The van der Waals surface area contributed by atoms with Crippen LogP contribution in [0.4, 0.5) is 0 Å². The highest BCUT2D eigenvalue weighted by Gasteiger charge is 2.23. The predicted molar refractivity (Wildman–Crippen MR) is 74.8 cm³/mol. The zero-order valence-corrected chi connectivity index (χ0v) is 11.7. The van der Waals surface area contributed by atoms with Crippen LogP contribution in [0.3, 0.4) is 0 Å². The third-order valence-corrected chi connectivity index (χ3v) is 5.58. The number of carbonyl (C=O) groups excluding carboxylic acids is 1. The van der Waals surface area contributed by atoms with Crippen LogP contribution in [0.5, 0.6) is 0 Å². The second-order valence-electron chi connectivity index (χ2n) is 4.11. The molecular weight excluding hydrogens is 252 g/mol. The van der Waals surface area contributed by atoms with Crippen LogP contribution in [0.25, 0.3) is 0 Å². The van der Waals surface area contributed by atoms with Crippen LogP contribution in [-0.4, -0.2) is 37.8 Å². The SMILES string of the molecule is CCCn1ccnc1CC(=O)C1CSCCS1. The van der Waals surface area contributed by atoms with Crippen molar-refractivity contribution < 1.29 is 4.79 Å². The Bertz CT molecular complexity index is 372. The molecule has 94 valence electrons. The lowest BCUT2D eigenvalue weighted by molar-refractivity contribution is -0.117. The van der Waals surface area contributed by atoms with Crippen LogP contribution >= 0.6 is 23.5 Å². The monoisotopic (exact) mass is 270 g/mol. The number of imidazole rings is 1. The fourth-order valence-corrected chi connectivity index (χ4v) is 4.55. The van der Waals surface area contributed by atoms with Gasteiger partial charge >= 0.3 is 0 Å². The molecule has 1 fully saturated rings. The minimum atomic E-state index is 0.181. The largest absolute Gasteiger partial charge is 0.335 e. The van der Waals surface area contributed by atoms with Crippen LogP contribution < -0.4 is 0 Å². The molecule has 0 aliphatic carbocycles. The van der Waals surface area contributed by atoms with Gasteiger partial charge in [-0.1, -0.05) is 6.92 Å². The zero-order chi connectivity index (χ0) is 12.1. The van der Waals surface area contributed by atoms with Crippen LogP contribution in [-0.2, 0) is 17.8 Å². The van der Waals surface area contributed by atoms with Gasteiger partial charge in [0.15, 0.2) is 5.78 Å². The van der Waals surface area contributed by atoms with Crippen molar-refractivity contribution >= 4 is 29.3 Å². The highest BCUT2D eigenvalue weighted by atomic mass is 32.2. The van der Waals surface area contributed by atoms with E-state index in [9.17, 15) is 4.79 Å². The summed E-state index contributed by atoms with van der Waals surface area (Å²) in [4.78, 5) is 16.4. The molecule has 2 rings (SSSR count). The topological polar surface area (TPSA) is 34.9 Å². The Kier molecular flexibility index (Phi) is 4.98. The average Bonchev–Trinajstić information content (AvgIpc) is 2.78. The summed E-state index contributed by atoms with van der Waals surface area (Å²) in [6.45, 7) is 3.09. The number of aryl methyl sites for hydroxylation is 1. The Hall–Kier alpha value is -0.420. The van der Waals surface area contributed by atoms with Gasteiger partial charge in [-0.3, -0.25) is 4.79 Å². The van der Waals surface area contributed by atoms with Gasteiger partial charge < -0.3 is 4.57 Å². The van der Waals surface area contributed by atoms with Crippen LogP contribution in [0.15, 0.2) is 12.4 Å². The zero-order valence-electron chi connectivity index (χ0n) is 10.1. The number of hydrogen-bond acceptors (Lipinski definition) is 4. The standard InChI is InChI=1S/C12H18N2OS2/c1-2-4-14-5-3-13-12(14)8-10(15)11-9-16-6-7-17-11/h3,5,11H,2,4,6-9H2,1H3. The maximum absolute atomic E-state index is 12.1. The first-order valence-electron chi connectivity index (χ1n) is 6.03. The lowest BCUT2D eigenvalue weighted by Gasteiger charge is -2.19. The molecule has 0 amide bonds. The molecule has 0 aromatic carbocycles. The van der Waals surface area contributed by atoms with E-state index in [1.165, 1.54) is 5.75 Å². The molecule has 1 aliphatic rings. The van der Waals surface area contributed by atoms with Gasteiger partial charge in [0.25, 0.3) is 0 Å². The molecule has 3 nitrogen and oxygen atoms in total. The van der Waals surface area contributed by atoms with Crippen molar-refractivity contribution in [2.75, 3.05) is 17.3 Å². The molecule has 0 bridgehead atoms. The quantitative estimate of drug-likeness (QED) is 0.822. The molecule has 5 heteroatoms. The Labute approximate surface area is 111 Å². The van der Waals surface area contributed by atoms with Crippen molar-refractivity contribution in [1.29, 1.82) is 0 Å². The van der Waals surface area contributed by atoms with Gasteiger partial charge in [-0.05, 0) is 6.42 Å². The van der Waals surface area contributed by atoms with Crippen molar-refractivity contribution in [3.63, 3.8) is 0 Å². The number of carbonyl (C=O) groups is 1. The normalized spacial score (nSPS) is 20.4. The Morgan fingerprint density at radius 1 is 1.59 bits per heavy atom. The second kappa shape index (κ2) is 6.50. The number of nitrogens with zero attached hydrogens (tertiary/aromatic N) is 2. The molecule has 1 saturated heterocycles. The van der Waals surface area contributed by atoms with E-state index in [4.69, 9.17) is 0 Å². The van der Waals surface area contributed by atoms with E-state index in [0.29, 0.717) is 12.2 Å². The Morgan fingerprint density at radius 2 is 2.47 bits per heavy atom. The fraction of sp³-hybridized carbons (Fsp3) is 0.667. The van der Waals surface area contributed by atoms with Crippen molar-refractivity contribution in [3.05, 3.63) is 18.2 Å². The number of hydrogen-bond donors (Lipinski definition) is 0. The number of rotatable bonds is 5. The third kappa shape index (κ3) is 3.52. The summed E-state index contributed by atoms with van der Waals surface area (Å²) in [6, 6.07) is 0. The summed E-state index contributed by atoms with van der Waals surface area (Å²) in [6.07, 6.45) is 5.33. The van der Waals surface area contributed by atoms with Gasteiger partial charge in [-0.2, -0.15) is 11.8 Å². The molecule has 0 saturated carbocycles. The van der Waals surface area contributed by atoms with E-state index in [-0.39, 0.29) is 5.25 Å². The van der Waals surface area contributed by atoms with Crippen molar-refractivity contribution in [3.8, 4) is 0 Å². The first-order chi connectivity index (χ1) is 8.31. The molecule has 1 atom stereocenters. The maximum Gasteiger partial charge on any atom is 0.154 e. The van der Waals surface area contributed by atoms with Gasteiger partial charge in [0.2, 0.25) is 0 Å². The van der Waals surface area contributed by atoms with Gasteiger partial charge in [-0.15, -0.1) is 11.8 Å². The summed E-state index contributed by atoms with van der Waals surface area (Å²) in [7, 11) is 0. The molecule has 0 N–H and O–H groups in total. The van der Waals surface area contributed by atoms with Crippen LogP contribution in [0, 0.1) is 0 Å². The van der Waals surface area contributed by atoms with Crippen molar-refractivity contribution in [2.24, 2.45) is 0 Å². The molecule has 1 unspecified atom stereocenters. The number of Topliss-reactive ketones (excluding diaryl/α,β-unsaturated/α-hetero) is 1. The van der Waals surface area contributed by atoms with Crippen LogP contribution in [0.2, 0.25) is 0 Å². The molecule has 2 heterocycles. The lowest BCUT2D eigenvalue weighted by Crippen LogP contribution is -2.26. The number of ketones is 1. The Morgan fingerprint density at radius 3 is 3.18 bits per heavy atom. The third-order valence-electron chi connectivity index (χ3n) is 2.77. The first kappa shape index (κ1) is 13.0. The van der Waals surface area contributed by atoms with E-state index in [0.717, 1.165) is 30.3 Å². The molecule has 1 aliphatic heterocycles. The first-order valence-corrected chi connectivity index (χ1v) is 8.23. The van der Waals surface area contributed by atoms with Gasteiger partial charge in [0.05, 0.1) is 11.7 Å². The molecule has 1 aromatic rings. The summed E-state index contributed by atoms with van der Waals surface area (Å²) in [5, 5.41) is 0.181. The predicted octanol–water partition coefficient (Wildman–Crippen LogP) is 2.25. The van der Waals surface area contributed by atoms with Crippen molar-refractivity contribution in [1.82, 2.24) is 9.55 Å². The van der Waals surface area contributed by atoms with E-state index < -0.39 is 0 Å². The fourth-order valence-electron chi connectivity index (χ4n) is 1.90. The maximum atomic E-state index is 12.1. The summed E-state index contributed by atoms with van der Waals surface area (Å²) >= 11 is 3.69. The lowest BCUT2D eigenvalue weighted by atomic mass is 10.2. The molecule has 17 heavy (non-hydrogen) atoms. The second-order valence-corrected chi connectivity index (χ2v) is 6.57. The van der Waals surface area contributed by atoms with Gasteiger partial charge in [0, 0.05) is 36.2 Å². The molecule has 0 radical (unpaired) electrons. The van der Waals surface area contributed by atoms with Gasteiger partial charge in [0.1, 0.15) is 5.82 Å². The molecule has 0 spiro atoms. The van der Waals surface area contributed by atoms with E-state index in [2.05, 4.69) is 16.5 Å². The highest BCUT2D eigenvalue weighted by molar-refractivity contribution is 8.07. The molecule has 1 aromatic heterocycles. The number of thioether (sulfide) groups is 2. The number of aromatic nitrogens is 2. The smallest absolute Gasteiger partial charge is 0.154 e. The Balaban J connectivity index is 1.94. The molecular formula is C12H18N2OS2. The van der Waals surface area contributed by atoms with E-state index >= 15 is 0 Å². The summed E-state index contributed by atoms with van der Waals surface area (Å²) < 4.78 is 2.10. The van der Waals surface area contributed by atoms with E-state index in [1.807, 2.05) is 18.0 Å². The minimum absolute atomic E-state index is 0.181. The average molecular weight is 270 g/mol. The summed E-state index contributed by atoms with van der Waals surface area (Å²) in [5.41, 5.74) is 0.